The topological polar surface area (TPSA) is 90.9 Å². The van der Waals surface area contributed by atoms with Crippen LogP contribution >= 0.6 is 11.3 Å². The van der Waals surface area contributed by atoms with Crippen molar-refractivity contribution in [2.24, 2.45) is 5.84 Å². The first kappa shape index (κ1) is 12.8. The van der Waals surface area contributed by atoms with Gasteiger partial charge in [0.05, 0.1) is 17.8 Å². The second kappa shape index (κ2) is 5.43. The first-order valence-electron chi connectivity index (χ1n) is 6.22. The van der Waals surface area contributed by atoms with E-state index in [2.05, 4.69) is 27.4 Å². The molecule has 0 aromatic carbocycles. The van der Waals surface area contributed by atoms with Crippen molar-refractivity contribution in [2.45, 2.75) is 19.9 Å². The summed E-state index contributed by atoms with van der Waals surface area (Å²) in [6, 6.07) is 1.92. The van der Waals surface area contributed by atoms with Gasteiger partial charge in [-0.3, -0.25) is 10.1 Å². The van der Waals surface area contributed by atoms with Gasteiger partial charge in [0.25, 0.3) is 0 Å². The van der Waals surface area contributed by atoms with E-state index in [9.17, 15) is 0 Å². The zero-order valence-electron chi connectivity index (χ0n) is 10.9. The Morgan fingerprint density at radius 3 is 3.15 bits per heavy atom. The molecule has 0 atom stereocenters. The number of anilines is 1. The smallest absolute Gasteiger partial charge is 0.241 e. The lowest BCUT2D eigenvalue weighted by Crippen LogP contribution is -2.10. The summed E-state index contributed by atoms with van der Waals surface area (Å²) in [5, 5.41) is 7.02. The number of fused-ring (bicyclic) bond motifs is 1. The molecule has 0 aliphatic rings. The summed E-state index contributed by atoms with van der Waals surface area (Å²) in [5.74, 6) is 6.82. The average molecular weight is 290 g/mol. The zero-order chi connectivity index (χ0) is 13.9. The molecule has 0 spiro atoms. The Labute approximate surface area is 119 Å². The molecule has 20 heavy (non-hydrogen) atoms. The summed E-state index contributed by atoms with van der Waals surface area (Å²) in [6.45, 7) is 2.96. The van der Waals surface area contributed by atoms with Gasteiger partial charge >= 0.3 is 0 Å². The third-order valence-corrected chi connectivity index (χ3v) is 3.50. The lowest BCUT2D eigenvalue weighted by atomic mass is 10.4. The predicted octanol–water partition coefficient (Wildman–Crippen LogP) is 2.38. The van der Waals surface area contributed by atoms with Crippen LogP contribution in [-0.2, 0) is 6.54 Å². The third-order valence-electron chi connectivity index (χ3n) is 2.70. The van der Waals surface area contributed by atoms with Crippen LogP contribution < -0.4 is 16.0 Å². The van der Waals surface area contributed by atoms with E-state index in [1.807, 2.05) is 22.3 Å². The Bertz CT molecular complexity index is 722. The van der Waals surface area contributed by atoms with Gasteiger partial charge in [-0.25, -0.2) is 10.8 Å². The highest BCUT2D eigenvalue weighted by atomic mass is 32.1. The number of hydrazine groups is 1. The van der Waals surface area contributed by atoms with E-state index in [0.717, 1.165) is 23.2 Å². The van der Waals surface area contributed by atoms with Crippen molar-refractivity contribution in [3.63, 3.8) is 0 Å². The molecule has 3 rings (SSSR count). The molecule has 0 fully saturated rings. The molecule has 0 bridgehead atoms. The molecule has 0 aliphatic heterocycles. The molecule has 3 N–H and O–H groups in total. The third kappa shape index (κ3) is 2.43. The summed E-state index contributed by atoms with van der Waals surface area (Å²) >= 11 is 1.51. The lowest BCUT2D eigenvalue weighted by Gasteiger charge is -2.05. The Balaban J connectivity index is 1.94. The van der Waals surface area contributed by atoms with Crippen LogP contribution in [0.2, 0.25) is 0 Å². The van der Waals surface area contributed by atoms with Gasteiger partial charge in [-0.2, -0.15) is 10.1 Å². The minimum absolute atomic E-state index is 0.330. The van der Waals surface area contributed by atoms with Crippen molar-refractivity contribution < 1.29 is 4.74 Å². The van der Waals surface area contributed by atoms with Gasteiger partial charge in [0.2, 0.25) is 11.8 Å². The highest BCUT2D eigenvalue weighted by molar-refractivity contribution is 7.16. The number of nitrogens with zero attached hydrogens (tertiary/aromatic N) is 4. The van der Waals surface area contributed by atoms with Gasteiger partial charge in [0, 0.05) is 6.54 Å². The summed E-state index contributed by atoms with van der Waals surface area (Å²) in [5.41, 5.74) is 2.44. The normalized spacial score (nSPS) is 10.9. The average Bonchev–Trinajstić information content (AvgIpc) is 3.08. The van der Waals surface area contributed by atoms with Crippen molar-refractivity contribution in [3.05, 3.63) is 23.8 Å². The number of hydrogen-bond donors (Lipinski definition) is 2. The number of nitrogens with one attached hydrogen (secondary N) is 1. The fourth-order valence-corrected chi connectivity index (χ4v) is 2.59. The van der Waals surface area contributed by atoms with Crippen LogP contribution in [0, 0.1) is 0 Å². The van der Waals surface area contributed by atoms with Crippen molar-refractivity contribution >= 4 is 27.5 Å². The maximum atomic E-state index is 5.80. The molecule has 3 aromatic rings. The molecule has 7 nitrogen and oxygen atoms in total. The number of nitrogens with two attached hydrogens (primary N) is 1. The molecular formula is C12H14N6OS. The molecule has 8 heteroatoms. The van der Waals surface area contributed by atoms with Crippen molar-refractivity contribution in [3.8, 4) is 11.6 Å². The molecule has 0 unspecified atom stereocenters. The molecule has 0 radical (unpaired) electrons. The van der Waals surface area contributed by atoms with E-state index < -0.39 is 0 Å². The Morgan fingerprint density at radius 1 is 1.45 bits per heavy atom. The summed E-state index contributed by atoms with van der Waals surface area (Å²) in [4.78, 5) is 9.33. The van der Waals surface area contributed by atoms with Gasteiger partial charge in [-0.15, -0.1) is 11.3 Å². The van der Waals surface area contributed by atoms with Crippen LogP contribution in [0.3, 0.4) is 0 Å². The van der Waals surface area contributed by atoms with E-state index in [1.165, 1.54) is 11.3 Å². The fourth-order valence-electron chi connectivity index (χ4n) is 1.83. The van der Waals surface area contributed by atoms with Crippen molar-refractivity contribution in [1.29, 1.82) is 0 Å². The molecule has 104 valence electrons. The number of thiophene rings is 1. The molecule has 3 aromatic heterocycles. The number of rotatable bonds is 5. The summed E-state index contributed by atoms with van der Waals surface area (Å²) in [6.07, 6.45) is 4.54. The van der Waals surface area contributed by atoms with Crippen molar-refractivity contribution in [2.75, 3.05) is 5.43 Å². The first-order chi connectivity index (χ1) is 9.80. The van der Waals surface area contributed by atoms with Crippen LogP contribution in [0.5, 0.6) is 11.6 Å². The minimum atomic E-state index is 0.330. The highest BCUT2D eigenvalue weighted by Gasteiger charge is 2.11. The molecular weight excluding hydrogens is 276 g/mol. The molecule has 3 heterocycles. The number of hydrogen-bond acceptors (Lipinski definition) is 7. The molecule has 0 amide bonds. The molecule has 0 aliphatic carbocycles. The van der Waals surface area contributed by atoms with Crippen LogP contribution in [0.1, 0.15) is 13.3 Å². The predicted molar refractivity (Wildman–Crippen MR) is 77.8 cm³/mol. The number of aryl methyl sites for hydroxylation is 1. The quantitative estimate of drug-likeness (QED) is 0.554. The SMILES string of the molecule is CCCn1cc(Oc2nc(NN)nc3sccc23)cn1. The van der Waals surface area contributed by atoms with E-state index in [-0.39, 0.29) is 0 Å². The fraction of sp³-hybridized carbons (Fsp3) is 0.250. The Hall–Kier alpha value is -2.19. The van der Waals surface area contributed by atoms with E-state index >= 15 is 0 Å². The van der Waals surface area contributed by atoms with E-state index in [4.69, 9.17) is 10.6 Å². The molecule has 0 saturated carbocycles. The first-order valence-corrected chi connectivity index (χ1v) is 7.10. The highest BCUT2D eigenvalue weighted by Crippen LogP contribution is 2.31. The largest absolute Gasteiger partial charge is 0.435 e. The van der Waals surface area contributed by atoms with Gasteiger partial charge in [0.1, 0.15) is 4.83 Å². The maximum absolute atomic E-state index is 5.80. The zero-order valence-corrected chi connectivity index (χ0v) is 11.7. The van der Waals surface area contributed by atoms with E-state index in [1.54, 1.807) is 6.20 Å². The Morgan fingerprint density at radius 2 is 2.35 bits per heavy atom. The van der Waals surface area contributed by atoms with Crippen LogP contribution in [0.25, 0.3) is 10.2 Å². The van der Waals surface area contributed by atoms with Gasteiger partial charge < -0.3 is 4.74 Å². The van der Waals surface area contributed by atoms with Crippen molar-refractivity contribution in [1.82, 2.24) is 19.7 Å². The van der Waals surface area contributed by atoms with Gasteiger partial charge in [-0.1, -0.05) is 6.92 Å². The monoisotopic (exact) mass is 290 g/mol. The number of aromatic nitrogens is 4. The van der Waals surface area contributed by atoms with Gasteiger partial charge in [0.15, 0.2) is 5.75 Å². The minimum Gasteiger partial charge on any atom is -0.435 e. The number of ether oxygens (including phenoxy) is 1. The molecule has 0 saturated heterocycles. The second-order valence-electron chi connectivity index (χ2n) is 4.18. The summed E-state index contributed by atoms with van der Waals surface area (Å²) in [7, 11) is 0. The number of nitrogen functional groups attached to an aromatic ring is 1. The van der Waals surface area contributed by atoms with E-state index in [0.29, 0.717) is 17.6 Å². The van der Waals surface area contributed by atoms with Crippen LogP contribution in [0.4, 0.5) is 5.95 Å². The van der Waals surface area contributed by atoms with Crippen LogP contribution in [0.15, 0.2) is 23.8 Å². The maximum Gasteiger partial charge on any atom is 0.241 e. The lowest BCUT2D eigenvalue weighted by molar-refractivity contribution is 0.467. The Kier molecular flexibility index (Phi) is 3.48. The second-order valence-corrected chi connectivity index (χ2v) is 5.07. The van der Waals surface area contributed by atoms with Gasteiger partial charge in [-0.05, 0) is 17.9 Å². The van der Waals surface area contributed by atoms with Crippen LogP contribution in [-0.4, -0.2) is 19.7 Å². The standard InChI is InChI=1S/C12H14N6OS/c1-2-4-18-7-8(6-14-18)19-10-9-3-5-20-11(9)16-12(15-10)17-13/h3,5-7H,2,4,13H2,1H3,(H,15,16,17). The summed E-state index contributed by atoms with van der Waals surface area (Å²) < 4.78 is 7.63.